The SMILES string of the molecule is COc1cc(C)nc(N(CCCN)CC(C)C)n1. The second kappa shape index (κ2) is 7.16. The predicted molar refractivity (Wildman–Crippen MR) is 74.0 cm³/mol. The number of rotatable bonds is 7. The number of methoxy groups -OCH3 is 1. The first-order chi connectivity index (χ1) is 8.56. The van der Waals surface area contributed by atoms with Crippen molar-refractivity contribution in [3.8, 4) is 5.88 Å². The lowest BCUT2D eigenvalue weighted by Gasteiger charge is -2.24. The van der Waals surface area contributed by atoms with Gasteiger partial charge in [0.05, 0.1) is 7.11 Å². The molecule has 1 aromatic rings. The Labute approximate surface area is 109 Å². The maximum absolute atomic E-state index is 5.58. The Bertz CT molecular complexity index is 368. The zero-order valence-corrected chi connectivity index (χ0v) is 11.8. The molecule has 0 aliphatic carbocycles. The summed E-state index contributed by atoms with van der Waals surface area (Å²) in [6.45, 7) is 8.79. The van der Waals surface area contributed by atoms with Gasteiger partial charge in [-0.15, -0.1) is 0 Å². The van der Waals surface area contributed by atoms with Gasteiger partial charge in [-0.05, 0) is 25.8 Å². The summed E-state index contributed by atoms with van der Waals surface area (Å²) >= 11 is 0. The molecular weight excluding hydrogens is 228 g/mol. The van der Waals surface area contributed by atoms with Crippen molar-refractivity contribution in [1.82, 2.24) is 9.97 Å². The highest BCUT2D eigenvalue weighted by Crippen LogP contribution is 2.16. The van der Waals surface area contributed by atoms with Crippen LogP contribution in [-0.2, 0) is 0 Å². The zero-order valence-electron chi connectivity index (χ0n) is 11.8. The topological polar surface area (TPSA) is 64.3 Å². The molecule has 18 heavy (non-hydrogen) atoms. The van der Waals surface area contributed by atoms with Crippen LogP contribution in [-0.4, -0.2) is 36.7 Å². The van der Waals surface area contributed by atoms with Gasteiger partial charge in [-0.3, -0.25) is 0 Å². The van der Waals surface area contributed by atoms with Crippen molar-refractivity contribution in [1.29, 1.82) is 0 Å². The van der Waals surface area contributed by atoms with Gasteiger partial charge in [0.25, 0.3) is 0 Å². The van der Waals surface area contributed by atoms with Crippen LogP contribution in [0.5, 0.6) is 5.88 Å². The Balaban J connectivity index is 2.91. The smallest absolute Gasteiger partial charge is 0.228 e. The molecule has 0 amide bonds. The summed E-state index contributed by atoms with van der Waals surface area (Å²) in [5, 5.41) is 0. The maximum Gasteiger partial charge on any atom is 0.228 e. The van der Waals surface area contributed by atoms with Gasteiger partial charge in [0.2, 0.25) is 11.8 Å². The molecule has 0 aliphatic heterocycles. The third-order valence-electron chi connectivity index (χ3n) is 2.53. The van der Waals surface area contributed by atoms with E-state index in [1.54, 1.807) is 7.11 Å². The molecule has 0 unspecified atom stereocenters. The first-order valence-corrected chi connectivity index (χ1v) is 6.41. The van der Waals surface area contributed by atoms with Gasteiger partial charge in [-0.1, -0.05) is 13.8 Å². The average molecular weight is 252 g/mol. The zero-order chi connectivity index (χ0) is 13.5. The molecule has 0 aromatic carbocycles. The molecule has 102 valence electrons. The monoisotopic (exact) mass is 252 g/mol. The summed E-state index contributed by atoms with van der Waals surface area (Å²) < 4.78 is 5.19. The Morgan fingerprint density at radius 2 is 2.11 bits per heavy atom. The van der Waals surface area contributed by atoms with Crippen LogP contribution < -0.4 is 15.4 Å². The Morgan fingerprint density at radius 1 is 1.39 bits per heavy atom. The Kier molecular flexibility index (Phi) is 5.85. The third kappa shape index (κ3) is 4.49. The highest BCUT2D eigenvalue weighted by Gasteiger charge is 2.12. The van der Waals surface area contributed by atoms with Crippen molar-refractivity contribution in [2.24, 2.45) is 11.7 Å². The van der Waals surface area contributed by atoms with E-state index in [1.165, 1.54) is 0 Å². The molecule has 0 radical (unpaired) electrons. The lowest BCUT2D eigenvalue weighted by Crippen LogP contribution is -2.31. The minimum Gasteiger partial charge on any atom is -0.481 e. The van der Waals surface area contributed by atoms with Crippen molar-refractivity contribution < 1.29 is 4.74 Å². The van der Waals surface area contributed by atoms with Gasteiger partial charge in [0.15, 0.2) is 0 Å². The average Bonchev–Trinajstić information content (AvgIpc) is 2.33. The van der Waals surface area contributed by atoms with Crippen LogP contribution in [0, 0.1) is 12.8 Å². The minimum atomic E-state index is 0.554. The van der Waals surface area contributed by atoms with E-state index in [2.05, 4.69) is 28.7 Å². The van der Waals surface area contributed by atoms with Crippen molar-refractivity contribution in [3.63, 3.8) is 0 Å². The normalized spacial score (nSPS) is 10.8. The molecular formula is C13H24N4O. The number of hydrogen-bond acceptors (Lipinski definition) is 5. The second-order valence-corrected chi connectivity index (χ2v) is 4.83. The summed E-state index contributed by atoms with van der Waals surface area (Å²) in [7, 11) is 1.62. The number of aryl methyl sites for hydroxylation is 1. The largest absolute Gasteiger partial charge is 0.481 e. The second-order valence-electron chi connectivity index (χ2n) is 4.83. The highest BCUT2D eigenvalue weighted by molar-refractivity contribution is 5.34. The summed E-state index contributed by atoms with van der Waals surface area (Å²) in [4.78, 5) is 11.1. The van der Waals surface area contributed by atoms with Gasteiger partial charge in [0.1, 0.15) is 0 Å². The predicted octanol–water partition coefficient (Wildman–Crippen LogP) is 1.60. The van der Waals surface area contributed by atoms with Crippen LogP contribution in [0.2, 0.25) is 0 Å². The molecule has 0 saturated heterocycles. The number of nitrogens with zero attached hydrogens (tertiary/aromatic N) is 3. The van der Waals surface area contributed by atoms with Gasteiger partial charge < -0.3 is 15.4 Å². The summed E-state index contributed by atoms with van der Waals surface area (Å²) in [6, 6.07) is 1.83. The van der Waals surface area contributed by atoms with Crippen LogP contribution in [0.1, 0.15) is 26.0 Å². The fraction of sp³-hybridized carbons (Fsp3) is 0.692. The van der Waals surface area contributed by atoms with Crippen LogP contribution in [0.3, 0.4) is 0 Å². The molecule has 0 bridgehead atoms. The van der Waals surface area contributed by atoms with Crippen molar-refractivity contribution >= 4 is 5.95 Å². The Morgan fingerprint density at radius 3 is 2.67 bits per heavy atom. The van der Waals surface area contributed by atoms with E-state index in [-0.39, 0.29) is 0 Å². The van der Waals surface area contributed by atoms with Crippen molar-refractivity contribution in [2.75, 3.05) is 31.6 Å². The molecule has 0 fully saturated rings. The number of ether oxygens (including phenoxy) is 1. The fourth-order valence-corrected chi connectivity index (χ4v) is 1.77. The quantitative estimate of drug-likeness (QED) is 0.798. The summed E-state index contributed by atoms with van der Waals surface area (Å²) in [6.07, 6.45) is 0.937. The molecule has 0 saturated carbocycles. The molecule has 5 nitrogen and oxygen atoms in total. The van der Waals surface area contributed by atoms with E-state index in [1.807, 2.05) is 13.0 Å². The van der Waals surface area contributed by atoms with Crippen LogP contribution in [0.25, 0.3) is 0 Å². The van der Waals surface area contributed by atoms with Crippen LogP contribution >= 0.6 is 0 Å². The number of anilines is 1. The first kappa shape index (κ1) is 14.7. The van der Waals surface area contributed by atoms with Crippen molar-refractivity contribution in [3.05, 3.63) is 11.8 Å². The number of hydrogen-bond donors (Lipinski definition) is 1. The summed E-state index contributed by atoms with van der Waals surface area (Å²) in [5.41, 5.74) is 6.49. The maximum atomic E-state index is 5.58. The highest BCUT2D eigenvalue weighted by atomic mass is 16.5. The lowest BCUT2D eigenvalue weighted by molar-refractivity contribution is 0.395. The van der Waals surface area contributed by atoms with E-state index in [9.17, 15) is 0 Å². The van der Waals surface area contributed by atoms with E-state index >= 15 is 0 Å². The lowest BCUT2D eigenvalue weighted by atomic mass is 10.2. The van der Waals surface area contributed by atoms with E-state index < -0.39 is 0 Å². The molecule has 1 rings (SSSR count). The molecule has 0 spiro atoms. The van der Waals surface area contributed by atoms with E-state index in [0.29, 0.717) is 18.3 Å². The van der Waals surface area contributed by atoms with Gasteiger partial charge in [-0.2, -0.15) is 4.98 Å². The van der Waals surface area contributed by atoms with Gasteiger partial charge in [0, 0.05) is 24.8 Å². The van der Waals surface area contributed by atoms with Crippen molar-refractivity contribution in [2.45, 2.75) is 27.2 Å². The van der Waals surface area contributed by atoms with Gasteiger partial charge in [-0.25, -0.2) is 4.98 Å². The van der Waals surface area contributed by atoms with Gasteiger partial charge >= 0.3 is 0 Å². The summed E-state index contributed by atoms with van der Waals surface area (Å²) in [5.74, 6) is 1.89. The fourth-order valence-electron chi connectivity index (χ4n) is 1.77. The van der Waals surface area contributed by atoms with Crippen LogP contribution in [0.4, 0.5) is 5.95 Å². The third-order valence-corrected chi connectivity index (χ3v) is 2.53. The number of aromatic nitrogens is 2. The minimum absolute atomic E-state index is 0.554. The van der Waals surface area contributed by atoms with E-state index in [0.717, 1.165) is 31.2 Å². The molecule has 0 aliphatic rings. The van der Waals surface area contributed by atoms with E-state index in [4.69, 9.17) is 10.5 Å². The molecule has 1 aromatic heterocycles. The first-order valence-electron chi connectivity index (χ1n) is 6.41. The molecule has 5 heteroatoms. The molecule has 2 N–H and O–H groups in total. The standard InChI is InChI=1S/C13H24N4O/c1-10(2)9-17(7-5-6-14)13-15-11(3)8-12(16-13)18-4/h8,10H,5-7,9,14H2,1-4H3. The molecule has 0 atom stereocenters. The van der Waals surface area contributed by atoms with Crippen LogP contribution in [0.15, 0.2) is 6.07 Å². The number of nitrogens with two attached hydrogens (primary N) is 1. The Hall–Kier alpha value is -1.36. The molecule has 1 heterocycles.